The maximum absolute atomic E-state index is 14.7. The summed E-state index contributed by atoms with van der Waals surface area (Å²) in [6, 6.07) is 21.3. The van der Waals surface area contributed by atoms with Gasteiger partial charge >= 0.3 is 6.09 Å². The van der Waals surface area contributed by atoms with Gasteiger partial charge in [-0.05, 0) is 54.3 Å². The lowest BCUT2D eigenvalue weighted by atomic mass is 10.1. The Kier molecular flexibility index (Phi) is 6.47. The highest BCUT2D eigenvalue weighted by atomic mass is 19.1. The summed E-state index contributed by atoms with van der Waals surface area (Å²) in [5, 5.41) is 2.87. The van der Waals surface area contributed by atoms with Gasteiger partial charge in [0.05, 0.1) is 23.6 Å². The number of hydrogen-bond acceptors (Lipinski definition) is 5. The van der Waals surface area contributed by atoms with Gasteiger partial charge in [-0.3, -0.25) is 9.69 Å². The Bertz CT molecular complexity index is 1170. The average Bonchev–Trinajstić information content (AvgIpc) is 3.09. The van der Waals surface area contributed by atoms with Crippen LogP contribution in [0, 0.1) is 5.82 Å². The lowest BCUT2D eigenvalue weighted by Gasteiger charge is -2.14. The van der Waals surface area contributed by atoms with Crippen LogP contribution in [0.5, 0.6) is 0 Å². The van der Waals surface area contributed by atoms with E-state index in [2.05, 4.69) is 17.4 Å². The molecule has 0 bridgehead atoms. The van der Waals surface area contributed by atoms with Crippen molar-refractivity contribution in [3.63, 3.8) is 0 Å². The number of cyclic esters (lactones) is 1. The van der Waals surface area contributed by atoms with Crippen LogP contribution in [0.3, 0.4) is 0 Å². The highest BCUT2D eigenvalue weighted by molar-refractivity contribution is 5.90. The van der Waals surface area contributed by atoms with Crippen LogP contribution in [0.4, 0.5) is 26.2 Å². The van der Waals surface area contributed by atoms with E-state index in [1.165, 1.54) is 22.6 Å². The van der Waals surface area contributed by atoms with Gasteiger partial charge in [0, 0.05) is 6.54 Å². The number of carbonyl (C=O) groups excluding carboxylic acids is 1. The highest BCUT2D eigenvalue weighted by Crippen LogP contribution is 2.27. The van der Waals surface area contributed by atoms with Crippen LogP contribution >= 0.6 is 0 Å². The Labute approximate surface area is 185 Å². The minimum absolute atomic E-state index is 0.144. The van der Waals surface area contributed by atoms with Gasteiger partial charge in [0.15, 0.2) is 0 Å². The molecule has 3 aromatic carbocycles. The third kappa shape index (κ3) is 4.95. The molecule has 1 heterocycles. The Balaban J connectivity index is 1.48. The maximum atomic E-state index is 14.7. The van der Waals surface area contributed by atoms with Crippen molar-refractivity contribution in [3.05, 3.63) is 100.0 Å². The highest BCUT2D eigenvalue weighted by Gasteiger charge is 2.31. The van der Waals surface area contributed by atoms with Crippen molar-refractivity contribution in [3.8, 4) is 0 Å². The predicted octanol–water partition coefficient (Wildman–Crippen LogP) is 4.00. The molecule has 0 saturated carbocycles. The third-order valence-corrected chi connectivity index (χ3v) is 5.37. The van der Waals surface area contributed by atoms with E-state index in [-0.39, 0.29) is 29.9 Å². The quantitative estimate of drug-likeness (QED) is 0.588. The van der Waals surface area contributed by atoms with E-state index in [0.717, 1.165) is 18.4 Å². The van der Waals surface area contributed by atoms with Crippen molar-refractivity contribution in [2.75, 3.05) is 23.3 Å². The lowest BCUT2D eigenvalue weighted by Crippen LogP contribution is -2.27. The first-order valence-electron chi connectivity index (χ1n) is 10.5. The van der Waals surface area contributed by atoms with Gasteiger partial charge in [-0.15, -0.1) is 0 Å². The van der Waals surface area contributed by atoms with Crippen LogP contribution in [-0.2, 0) is 17.6 Å². The number of benzene rings is 2. The van der Waals surface area contributed by atoms with Crippen LogP contribution < -0.4 is 21.4 Å². The number of carbonyl (C=O) groups is 1. The molecule has 1 atom stereocenters. The second-order valence-electron chi connectivity index (χ2n) is 7.65. The van der Waals surface area contributed by atoms with Crippen molar-refractivity contribution in [2.24, 2.45) is 5.73 Å². The summed E-state index contributed by atoms with van der Waals surface area (Å²) in [5.74, 6) is -0.582. The van der Waals surface area contributed by atoms with Gasteiger partial charge in [0.2, 0.25) is 5.43 Å². The number of nitrogens with one attached hydrogen (secondary N) is 1. The summed E-state index contributed by atoms with van der Waals surface area (Å²) in [6.07, 6.45) is 0.589. The molecule has 164 valence electrons. The second-order valence-corrected chi connectivity index (χ2v) is 7.65. The van der Waals surface area contributed by atoms with E-state index in [1.54, 1.807) is 24.3 Å². The number of aryl methyl sites for hydroxylation is 2. The Morgan fingerprint density at radius 3 is 2.41 bits per heavy atom. The first-order valence-corrected chi connectivity index (χ1v) is 10.5. The van der Waals surface area contributed by atoms with E-state index in [4.69, 9.17) is 10.5 Å². The van der Waals surface area contributed by atoms with Gasteiger partial charge in [-0.2, -0.15) is 0 Å². The molecule has 0 radical (unpaired) electrons. The van der Waals surface area contributed by atoms with Crippen LogP contribution in [0.25, 0.3) is 0 Å². The van der Waals surface area contributed by atoms with Crippen molar-refractivity contribution >= 4 is 23.2 Å². The van der Waals surface area contributed by atoms with Gasteiger partial charge in [0.1, 0.15) is 11.9 Å². The number of nitrogens with zero attached hydrogens (tertiary/aromatic N) is 1. The van der Waals surface area contributed by atoms with E-state index in [9.17, 15) is 14.0 Å². The predicted molar refractivity (Wildman–Crippen MR) is 123 cm³/mol. The number of anilines is 3. The van der Waals surface area contributed by atoms with E-state index >= 15 is 0 Å². The van der Waals surface area contributed by atoms with Crippen LogP contribution in [-0.4, -0.2) is 25.3 Å². The zero-order valence-electron chi connectivity index (χ0n) is 17.5. The van der Waals surface area contributed by atoms with E-state index < -0.39 is 18.0 Å². The smallest absolute Gasteiger partial charge is 0.414 e. The summed E-state index contributed by atoms with van der Waals surface area (Å²) in [5.41, 5.74) is 8.21. The minimum Gasteiger partial charge on any atom is -0.443 e. The monoisotopic (exact) mass is 433 g/mol. The molecule has 6 nitrogen and oxygen atoms in total. The number of hydrogen-bond donors (Lipinski definition) is 2. The van der Waals surface area contributed by atoms with Crippen molar-refractivity contribution in [2.45, 2.75) is 18.9 Å². The first-order chi connectivity index (χ1) is 15.5. The molecule has 3 N–H and O–H groups in total. The SMILES string of the molecule is NC[C@H]1CN(c2ccc(Nc3cccc(CCc4ccccc4)cc3=O)c(F)c2)C(=O)O1. The number of halogens is 1. The fraction of sp³-hybridized carbons (Fsp3) is 0.200. The molecule has 0 spiro atoms. The number of ether oxygens (including phenoxy) is 1. The Morgan fingerprint density at radius 1 is 0.938 bits per heavy atom. The maximum Gasteiger partial charge on any atom is 0.414 e. The van der Waals surface area contributed by atoms with Crippen molar-refractivity contribution in [1.82, 2.24) is 0 Å². The molecule has 0 unspecified atom stereocenters. The molecule has 0 aromatic heterocycles. The fourth-order valence-corrected chi connectivity index (χ4v) is 3.61. The molecule has 4 rings (SSSR count). The van der Waals surface area contributed by atoms with Crippen molar-refractivity contribution in [1.29, 1.82) is 0 Å². The van der Waals surface area contributed by atoms with Crippen LogP contribution in [0.1, 0.15) is 11.1 Å². The fourth-order valence-electron chi connectivity index (χ4n) is 3.61. The van der Waals surface area contributed by atoms with E-state index in [1.807, 2.05) is 24.3 Å². The first kappa shape index (κ1) is 21.5. The van der Waals surface area contributed by atoms with Gasteiger partial charge < -0.3 is 15.8 Å². The summed E-state index contributed by atoms with van der Waals surface area (Å²) >= 11 is 0. The zero-order valence-corrected chi connectivity index (χ0v) is 17.5. The average molecular weight is 433 g/mol. The molecule has 3 aromatic rings. The molecule has 32 heavy (non-hydrogen) atoms. The summed E-state index contributed by atoms with van der Waals surface area (Å²) in [7, 11) is 0. The molecule has 1 aliphatic rings. The Hall–Kier alpha value is -3.71. The topological polar surface area (TPSA) is 84.7 Å². The molecule has 1 saturated heterocycles. The minimum atomic E-state index is -0.582. The Morgan fingerprint density at radius 2 is 1.69 bits per heavy atom. The number of amides is 1. The van der Waals surface area contributed by atoms with Gasteiger partial charge in [-0.1, -0.05) is 42.5 Å². The van der Waals surface area contributed by atoms with Crippen LogP contribution in [0.2, 0.25) is 0 Å². The second kappa shape index (κ2) is 9.62. The number of nitrogens with two attached hydrogens (primary N) is 1. The van der Waals surface area contributed by atoms with Gasteiger partial charge in [-0.25, -0.2) is 9.18 Å². The molecule has 7 heteroatoms. The molecular formula is C25H24FN3O3. The standard InChI is InChI=1S/C25H24FN3O3/c26-21-14-19(29-16-20(15-27)32-25(29)31)11-12-22(21)28-23-8-4-7-18(13-24(23)30)10-9-17-5-2-1-3-6-17/h1-8,11-14,20H,9-10,15-16,27H2,(H,28,30)/t20-/m0/s1. The molecule has 1 aliphatic heterocycles. The summed E-state index contributed by atoms with van der Waals surface area (Å²) in [4.78, 5) is 26.0. The number of rotatable bonds is 7. The third-order valence-electron chi connectivity index (χ3n) is 5.37. The molecule has 1 fully saturated rings. The van der Waals surface area contributed by atoms with E-state index in [0.29, 0.717) is 5.69 Å². The largest absolute Gasteiger partial charge is 0.443 e. The summed E-state index contributed by atoms with van der Waals surface area (Å²) in [6.45, 7) is 0.474. The molecule has 0 aliphatic carbocycles. The lowest BCUT2D eigenvalue weighted by molar-refractivity contribution is 0.145. The molecule has 1 amide bonds. The van der Waals surface area contributed by atoms with Crippen LogP contribution in [0.15, 0.2) is 77.6 Å². The zero-order chi connectivity index (χ0) is 22.5. The van der Waals surface area contributed by atoms with Crippen molar-refractivity contribution < 1.29 is 13.9 Å². The van der Waals surface area contributed by atoms with Gasteiger partial charge in [0.25, 0.3) is 0 Å². The normalized spacial score (nSPS) is 15.5. The molecular weight excluding hydrogens is 409 g/mol. The summed E-state index contributed by atoms with van der Waals surface area (Å²) < 4.78 is 19.9.